The number of hydrogen-bond acceptors (Lipinski definition) is 2. The van der Waals surface area contributed by atoms with Crippen LogP contribution in [-0.4, -0.2) is 10.7 Å². The molecule has 0 N–H and O–H groups in total. The maximum Gasteiger partial charge on any atom is 0.191 e. The first-order valence-electron chi connectivity index (χ1n) is 4.27. The maximum atomic E-state index is 5.56. The SMILES string of the molecule is CC(C)(C)OC(=S)c1ccccc1. The molecular formula is C11H14OS. The van der Waals surface area contributed by atoms with Gasteiger partial charge in [0.2, 0.25) is 0 Å². The van der Waals surface area contributed by atoms with Crippen LogP contribution < -0.4 is 0 Å². The highest BCUT2D eigenvalue weighted by atomic mass is 32.1. The molecule has 0 radical (unpaired) electrons. The Morgan fingerprint density at radius 2 is 1.69 bits per heavy atom. The molecule has 0 spiro atoms. The molecule has 0 bridgehead atoms. The minimum absolute atomic E-state index is 0.215. The highest BCUT2D eigenvalue weighted by molar-refractivity contribution is 7.80. The van der Waals surface area contributed by atoms with Gasteiger partial charge in [-0.3, -0.25) is 0 Å². The topological polar surface area (TPSA) is 9.23 Å². The first-order chi connectivity index (χ1) is 5.99. The van der Waals surface area contributed by atoms with Crippen LogP contribution in [-0.2, 0) is 4.74 Å². The molecule has 70 valence electrons. The van der Waals surface area contributed by atoms with E-state index in [0.717, 1.165) is 5.56 Å². The number of ether oxygens (including phenoxy) is 1. The second-order valence-corrected chi connectivity index (χ2v) is 4.24. The number of hydrogen-bond donors (Lipinski definition) is 0. The van der Waals surface area contributed by atoms with Crippen LogP contribution in [0.4, 0.5) is 0 Å². The summed E-state index contributed by atoms with van der Waals surface area (Å²) in [5, 5.41) is 0.563. The van der Waals surface area contributed by atoms with Gasteiger partial charge in [0.15, 0.2) is 5.05 Å². The molecule has 0 saturated carbocycles. The van der Waals surface area contributed by atoms with E-state index >= 15 is 0 Å². The van der Waals surface area contributed by atoms with E-state index < -0.39 is 0 Å². The van der Waals surface area contributed by atoms with Crippen molar-refractivity contribution in [2.45, 2.75) is 26.4 Å². The molecule has 0 aromatic heterocycles. The van der Waals surface area contributed by atoms with E-state index in [-0.39, 0.29) is 5.60 Å². The Kier molecular flexibility index (Phi) is 3.04. The third-order valence-electron chi connectivity index (χ3n) is 1.41. The molecule has 0 amide bonds. The minimum atomic E-state index is -0.215. The molecule has 0 saturated heterocycles. The second kappa shape index (κ2) is 3.88. The van der Waals surface area contributed by atoms with Crippen molar-refractivity contribution in [1.82, 2.24) is 0 Å². The van der Waals surface area contributed by atoms with Crippen molar-refractivity contribution < 1.29 is 4.74 Å². The molecule has 0 fully saturated rings. The summed E-state index contributed by atoms with van der Waals surface area (Å²) in [6, 6.07) is 9.77. The quantitative estimate of drug-likeness (QED) is 0.635. The Balaban J connectivity index is 2.71. The summed E-state index contributed by atoms with van der Waals surface area (Å²) in [5.41, 5.74) is 0.750. The van der Waals surface area contributed by atoms with Gasteiger partial charge in [-0.15, -0.1) is 0 Å². The smallest absolute Gasteiger partial charge is 0.191 e. The fraction of sp³-hybridized carbons (Fsp3) is 0.364. The van der Waals surface area contributed by atoms with Gasteiger partial charge in [0, 0.05) is 5.56 Å². The second-order valence-electron chi connectivity index (χ2n) is 3.87. The molecule has 0 unspecified atom stereocenters. The number of benzene rings is 1. The normalized spacial score (nSPS) is 11.0. The van der Waals surface area contributed by atoms with Gasteiger partial charge in [0.25, 0.3) is 0 Å². The molecule has 1 aromatic rings. The third-order valence-corrected chi connectivity index (χ3v) is 1.73. The van der Waals surface area contributed by atoms with E-state index in [9.17, 15) is 0 Å². The molecular weight excluding hydrogens is 180 g/mol. The first-order valence-corrected chi connectivity index (χ1v) is 4.68. The maximum absolute atomic E-state index is 5.56. The minimum Gasteiger partial charge on any atom is -0.477 e. The third kappa shape index (κ3) is 3.55. The van der Waals surface area contributed by atoms with Crippen molar-refractivity contribution in [2.24, 2.45) is 0 Å². The molecule has 0 aliphatic carbocycles. The van der Waals surface area contributed by atoms with Crippen LogP contribution >= 0.6 is 12.2 Å². The molecule has 0 atom stereocenters. The van der Waals surface area contributed by atoms with E-state index in [4.69, 9.17) is 17.0 Å². The van der Waals surface area contributed by atoms with Gasteiger partial charge in [-0.05, 0) is 33.0 Å². The summed E-state index contributed by atoms with van der Waals surface area (Å²) < 4.78 is 5.56. The summed E-state index contributed by atoms with van der Waals surface area (Å²) in [7, 11) is 0. The Morgan fingerprint density at radius 3 is 2.15 bits per heavy atom. The summed E-state index contributed by atoms with van der Waals surface area (Å²) in [6.07, 6.45) is 0. The Morgan fingerprint density at radius 1 is 1.15 bits per heavy atom. The number of rotatable bonds is 1. The van der Waals surface area contributed by atoms with Crippen LogP contribution in [0.15, 0.2) is 30.3 Å². The highest BCUT2D eigenvalue weighted by Crippen LogP contribution is 2.12. The van der Waals surface area contributed by atoms with Gasteiger partial charge in [0.05, 0.1) is 0 Å². The van der Waals surface area contributed by atoms with Gasteiger partial charge in [-0.25, -0.2) is 0 Å². The Labute approximate surface area is 84.7 Å². The van der Waals surface area contributed by atoms with Crippen LogP contribution in [0.2, 0.25) is 0 Å². The molecule has 2 heteroatoms. The van der Waals surface area contributed by atoms with Crippen molar-refractivity contribution in [3.05, 3.63) is 35.9 Å². The van der Waals surface area contributed by atoms with Gasteiger partial charge in [0.1, 0.15) is 5.60 Å². The lowest BCUT2D eigenvalue weighted by Gasteiger charge is -2.21. The van der Waals surface area contributed by atoms with Gasteiger partial charge in [-0.1, -0.05) is 30.3 Å². The average Bonchev–Trinajstić information content (AvgIpc) is 2.03. The van der Waals surface area contributed by atoms with Crippen molar-refractivity contribution in [3.63, 3.8) is 0 Å². The van der Waals surface area contributed by atoms with Gasteiger partial charge >= 0.3 is 0 Å². The van der Waals surface area contributed by atoms with Crippen molar-refractivity contribution in [1.29, 1.82) is 0 Å². The van der Waals surface area contributed by atoms with Gasteiger partial charge in [-0.2, -0.15) is 0 Å². The molecule has 1 nitrogen and oxygen atoms in total. The van der Waals surface area contributed by atoms with Crippen LogP contribution in [0.3, 0.4) is 0 Å². The lowest BCUT2D eigenvalue weighted by Crippen LogP contribution is -2.23. The standard InChI is InChI=1S/C11H14OS/c1-11(2,3)12-10(13)9-7-5-4-6-8-9/h4-8H,1-3H3. The predicted octanol–water partition coefficient (Wildman–Crippen LogP) is 3.18. The first kappa shape index (κ1) is 10.2. The van der Waals surface area contributed by atoms with Gasteiger partial charge < -0.3 is 4.74 Å². The zero-order valence-corrected chi connectivity index (χ0v) is 9.02. The van der Waals surface area contributed by atoms with Crippen molar-refractivity contribution in [3.8, 4) is 0 Å². The van der Waals surface area contributed by atoms with E-state index in [2.05, 4.69) is 0 Å². The predicted molar refractivity (Wildman–Crippen MR) is 59.0 cm³/mol. The monoisotopic (exact) mass is 194 g/mol. The van der Waals surface area contributed by atoms with Crippen LogP contribution in [0.25, 0.3) is 0 Å². The van der Waals surface area contributed by atoms with Crippen LogP contribution in [0.5, 0.6) is 0 Å². The van der Waals surface area contributed by atoms with Crippen molar-refractivity contribution >= 4 is 17.3 Å². The van der Waals surface area contributed by atoms with E-state index in [0.29, 0.717) is 5.05 Å². The van der Waals surface area contributed by atoms with E-state index in [1.807, 2.05) is 51.1 Å². The van der Waals surface area contributed by atoms with E-state index in [1.54, 1.807) is 0 Å². The molecule has 1 rings (SSSR count). The zero-order valence-electron chi connectivity index (χ0n) is 8.20. The zero-order chi connectivity index (χ0) is 9.90. The summed E-state index contributed by atoms with van der Waals surface area (Å²) in [6.45, 7) is 5.96. The van der Waals surface area contributed by atoms with Crippen LogP contribution in [0, 0.1) is 0 Å². The Bertz CT molecular complexity index is 285. The molecule has 1 aromatic carbocycles. The Hall–Kier alpha value is -0.890. The fourth-order valence-electron chi connectivity index (χ4n) is 0.911. The van der Waals surface area contributed by atoms with Crippen molar-refractivity contribution in [2.75, 3.05) is 0 Å². The van der Waals surface area contributed by atoms with E-state index in [1.165, 1.54) is 0 Å². The summed E-state index contributed by atoms with van der Waals surface area (Å²) in [4.78, 5) is 0. The lowest BCUT2D eigenvalue weighted by atomic mass is 10.2. The van der Waals surface area contributed by atoms with Crippen LogP contribution in [0.1, 0.15) is 26.3 Å². The molecule has 0 heterocycles. The molecule has 13 heavy (non-hydrogen) atoms. The average molecular weight is 194 g/mol. The summed E-state index contributed by atoms with van der Waals surface area (Å²) in [5.74, 6) is 0. The summed E-state index contributed by atoms with van der Waals surface area (Å²) >= 11 is 5.15. The lowest BCUT2D eigenvalue weighted by molar-refractivity contribution is 0.122. The largest absolute Gasteiger partial charge is 0.477 e. The molecule has 0 aliphatic heterocycles. The molecule has 0 aliphatic rings. The number of thiocarbonyl (C=S) groups is 1. The highest BCUT2D eigenvalue weighted by Gasteiger charge is 2.14. The fourth-order valence-corrected chi connectivity index (χ4v) is 1.30.